The van der Waals surface area contributed by atoms with Crippen LogP contribution in [0.5, 0.6) is 0 Å². The van der Waals surface area contributed by atoms with Crippen molar-refractivity contribution in [2.24, 2.45) is 5.92 Å². The number of rotatable bonds is 4. The maximum absolute atomic E-state index is 12.7. The number of carbonyl (C=O) groups is 1. The number of nitrogens with zero attached hydrogens (tertiary/aromatic N) is 3. The highest BCUT2D eigenvalue weighted by Crippen LogP contribution is 2.30. The average Bonchev–Trinajstić information content (AvgIpc) is 3.14. The second-order valence-electron chi connectivity index (χ2n) is 6.36. The lowest BCUT2D eigenvalue weighted by Gasteiger charge is -2.24. The van der Waals surface area contributed by atoms with Gasteiger partial charge in [0.15, 0.2) is 0 Å². The van der Waals surface area contributed by atoms with Crippen LogP contribution >= 0.6 is 0 Å². The van der Waals surface area contributed by atoms with E-state index in [9.17, 15) is 20.0 Å². The predicted molar refractivity (Wildman–Crippen MR) is 85.2 cm³/mol. The third-order valence-electron chi connectivity index (χ3n) is 4.91. The summed E-state index contributed by atoms with van der Waals surface area (Å²) in [6, 6.07) is 6.03. The Hall–Kier alpha value is -1.99. The van der Waals surface area contributed by atoms with Crippen molar-refractivity contribution >= 4 is 17.3 Å². The number of hydrogen-bond donors (Lipinski definition) is 1. The summed E-state index contributed by atoms with van der Waals surface area (Å²) in [4.78, 5) is 26.9. The summed E-state index contributed by atoms with van der Waals surface area (Å²) in [6.45, 7) is 3.91. The molecule has 1 N–H and O–H groups in total. The number of nitro benzene ring substituents is 1. The molecule has 124 valence electrons. The highest BCUT2D eigenvalue weighted by atomic mass is 16.6. The lowest BCUT2D eigenvalue weighted by Crippen LogP contribution is -2.41. The first-order valence-corrected chi connectivity index (χ1v) is 7.95. The van der Waals surface area contributed by atoms with Crippen LogP contribution in [0.3, 0.4) is 0 Å². The third kappa shape index (κ3) is 3.07. The molecule has 0 bridgehead atoms. The molecule has 3 rings (SSSR count). The first-order valence-electron chi connectivity index (χ1n) is 7.95. The Balaban J connectivity index is 1.72. The number of non-ortho nitro benzene ring substituents is 1. The highest BCUT2D eigenvalue weighted by Gasteiger charge is 2.40. The zero-order chi connectivity index (χ0) is 16.6. The fourth-order valence-corrected chi connectivity index (χ4v) is 3.53. The van der Waals surface area contributed by atoms with E-state index in [1.54, 1.807) is 24.0 Å². The molecule has 0 aromatic heterocycles. The van der Waals surface area contributed by atoms with Crippen LogP contribution in [0.25, 0.3) is 0 Å². The van der Waals surface area contributed by atoms with Crippen LogP contribution in [0.1, 0.15) is 19.8 Å². The van der Waals surface area contributed by atoms with Crippen molar-refractivity contribution in [1.82, 2.24) is 4.90 Å². The second kappa shape index (κ2) is 6.25. The van der Waals surface area contributed by atoms with Crippen molar-refractivity contribution in [3.63, 3.8) is 0 Å². The van der Waals surface area contributed by atoms with Crippen molar-refractivity contribution in [2.45, 2.75) is 31.9 Å². The Bertz CT molecular complexity index is 619. The second-order valence-corrected chi connectivity index (χ2v) is 6.36. The number of nitro groups is 1. The lowest BCUT2D eigenvalue weighted by atomic mass is 10.0. The molecule has 2 fully saturated rings. The van der Waals surface area contributed by atoms with Crippen LogP contribution in [0.2, 0.25) is 0 Å². The van der Waals surface area contributed by atoms with Gasteiger partial charge in [0.25, 0.3) is 5.69 Å². The molecule has 2 heterocycles. The minimum atomic E-state index is -0.449. The minimum absolute atomic E-state index is 0.00302. The molecule has 0 spiro atoms. The van der Waals surface area contributed by atoms with E-state index in [1.165, 1.54) is 12.1 Å². The maximum Gasteiger partial charge on any atom is 0.271 e. The van der Waals surface area contributed by atoms with Gasteiger partial charge < -0.3 is 10.0 Å². The van der Waals surface area contributed by atoms with Crippen LogP contribution in [-0.2, 0) is 4.79 Å². The fraction of sp³-hybridized carbons (Fsp3) is 0.562. The van der Waals surface area contributed by atoms with Gasteiger partial charge in [-0.05, 0) is 38.3 Å². The number of aliphatic hydroxyl groups is 1. The Morgan fingerprint density at radius 1 is 1.35 bits per heavy atom. The van der Waals surface area contributed by atoms with Gasteiger partial charge in [-0.3, -0.25) is 19.8 Å². The molecule has 2 aliphatic heterocycles. The quantitative estimate of drug-likeness (QED) is 0.669. The standard InChI is InChI=1S/C16H21N3O4/c1-11(20)12-5-7-17(10-12)15-6-8-18(16(15)21)13-3-2-4-14(9-13)19(22)23/h2-4,9,11-12,15,20H,5-8,10H2,1H3. The van der Waals surface area contributed by atoms with E-state index in [1.807, 2.05) is 0 Å². The minimum Gasteiger partial charge on any atom is -0.393 e. The van der Waals surface area contributed by atoms with E-state index in [0.29, 0.717) is 18.7 Å². The number of hydrogen-bond acceptors (Lipinski definition) is 5. The van der Waals surface area contributed by atoms with Gasteiger partial charge in [0.1, 0.15) is 0 Å². The van der Waals surface area contributed by atoms with Gasteiger partial charge in [-0.15, -0.1) is 0 Å². The number of likely N-dealkylation sites (tertiary alicyclic amines) is 1. The van der Waals surface area contributed by atoms with Gasteiger partial charge in [-0.25, -0.2) is 0 Å². The van der Waals surface area contributed by atoms with E-state index in [0.717, 1.165) is 19.5 Å². The number of carbonyl (C=O) groups excluding carboxylic acids is 1. The Kier molecular flexibility index (Phi) is 4.32. The summed E-state index contributed by atoms with van der Waals surface area (Å²) in [5, 5.41) is 20.6. The Labute approximate surface area is 134 Å². The van der Waals surface area contributed by atoms with Gasteiger partial charge >= 0.3 is 0 Å². The van der Waals surface area contributed by atoms with Crippen LogP contribution in [0.4, 0.5) is 11.4 Å². The lowest BCUT2D eigenvalue weighted by molar-refractivity contribution is -0.384. The molecule has 7 nitrogen and oxygen atoms in total. The average molecular weight is 319 g/mol. The molecule has 3 atom stereocenters. The topological polar surface area (TPSA) is 86.9 Å². The first kappa shape index (κ1) is 15.9. The normalized spacial score (nSPS) is 26.7. The molecule has 0 radical (unpaired) electrons. The van der Waals surface area contributed by atoms with Crippen molar-refractivity contribution in [3.8, 4) is 0 Å². The number of benzene rings is 1. The van der Waals surface area contributed by atoms with Gasteiger partial charge in [0, 0.05) is 25.2 Å². The summed E-state index contributed by atoms with van der Waals surface area (Å²) >= 11 is 0. The molecule has 1 aromatic rings. The largest absolute Gasteiger partial charge is 0.393 e. The molecule has 1 aromatic carbocycles. The summed E-state index contributed by atoms with van der Waals surface area (Å²) in [7, 11) is 0. The van der Waals surface area contributed by atoms with Gasteiger partial charge in [0.05, 0.1) is 22.8 Å². The molecule has 7 heteroatoms. The molecule has 23 heavy (non-hydrogen) atoms. The maximum atomic E-state index is 12.7. The summed E-state index contributed by atoms with van der Waals surface area (Å²) in [6.07, 6.45) is 1.26. The molecule has 2 saturated heterocycles. The highest BCUT2D eigenvalue weighted by molar-refractivity contribution is 5.99. The zero-order valence-electron chi connectivity index (χ0n) is 13.1. The van der Waals surface area contributed by atoms with E-state index in [2.05, 4.69) is 4.90 Å². The molecule has 0 saturated carbocycles. The first-order chi connectivity index (χ1) is 11.0. The Morgan fingerprint density at radius 2 is 2.13 bits per heavy atom. The van der Waals surface area contributed by atoms with E-state index in [-0.39, 0.29) is 29.7 Å². The van der Waals surface area contributed by atoms with Crippen molar-refractivity contribution < 1.29 is 14.8 Å². The molecule has 0 aliphatic carbocycles. The third-order valence-corrected chi connectivity index (χ3v) is 4.91. The van der Waals surface area contributed by atoms with Crippen LogP contribution in [-0.4, -0.2) is 52.6 Å². The summed E-state index contributed by atoms with van der Waals surface area (Å²) in [5.74, 6) is 0.214. The van der Waals surface area contributed by atoms with E-state index >= 15 is 0 Å². The smallest absolute Gasteiger partial charge is 0.271 e. The van der Waals surface area contributed by atoms with Gasteiger partial charge in [0.2, 0.25) is 5.91 Å². The Morgan fingerprint density at radius 3 is 2.78 bits per heavy atom. The van der Waals surface area contributed by atoms with Gasteiger partial charge in [-0.1, -0.05) is 6.07 Å². The van der Waals surface area contributed by atoms with E-state index < -0.39 is 4.92 Å². The monoisotopic (exact) mass is 319 g/mol. The van der Waals surface area contributed by atoms with E-state index in [4.69, 9.17) is 0 Å². The van der Waals surface area contributed by atoms with Crippen LogP contribution in [0, 0.1) is 16.0 Å². The number of amides is 1. The number of aliphatic hydroxyl groups excluding tert-OH is 1. The summed E-state index contributed by atoms with van der Waals surface area (Å²) in [5.41, 5.74) is 0.576. The molecule has 3 unspecified atom stereocenters. The summed E-state index contributed by atoms with van der Waals surface area (Å²) < 4.78 is 0. The van der Waals surface area contributed by atoms with Crippen molar-refractivity contribution in [3.05, 3.63) is 34.4 Å². The molecular weight excluding hydrogens is 298 g/mol. The van der Waals surface area contributed by atoms with Crippen LogP contribution < -0.4 is 4.90 Å². The SMILES string of the molecule is CC(O)C1CCN(C2CCN(c3cccc([N+](=O)[O-])c3)C2=O)C1. The van der Waals surface area contributed by atoms with Crippen LogP contribution in [0.15, 0.2) is 24.3 Å². The number of anilines is 1. The molecular formula is C16H21N3O4. The molecule has 2 aliphatic rings. The van der Waals surface area contributed by atoms with Crippen molar-refractivity contribution in [1.29, 1.82) is 0 Å². The predicted octanol–water partition coefficient (Wildman–Crippen LogP) is 1.40. The fourth-order valence-electron chi connectivity index (χ4n) is 3.53. The van der Waals surface area contributed by atoms with Crippen molar-refractivity contribution in [2.75, 3.05) is 24.5 Å². The molecule has 1 amide bonds. The zero-order valence-corrected chi connectivity index (χ0v) is 13.1. The van der Waals surface area contributed by atoms with Gasteiger partial charge in [-0.2, -0.15) is 0 Å².